The topological polar surface area (TPSA) is 60.2 Å². The van der Waals surface area contributed by atoms with Crippen LogP contribution in [0.15, 0.2) is 18.2 Å². The third-order valence-corrected chi connectivity index (χ3v) is 1.91. The molecule has 0 spiro atoms. The zero-order valence-electron chi connectivity index (χ0n) is 6.16. The first kappa shape index (κ1) is 12.9. The Morgan fingerprint density at radius 3 is 2.43 bits per heavy atom. The number of carbonyl (C=O) groups excluding carboxylic acids is 1. The Labute approximate surface area is 90.6 Å². The van der Waals surface area contributed by atoms with Gasteiger partial charge in [-0.05, 0) is 17.7 Å². The smallest absolute Gasteiger partial charge is 0.270 e. The lowest BCUT2D eigenvalue weighted by Gasteiger charge is -1.97. The Morgan fingerprint density at radius 1 is 1.43 bits per heavy atom. The maximum absolute atomic E-state index is 10.7. The van der Waals surface area contributed by atoms with E-state index in [-0.39, 0.29) is 23.7 Å². The molecule has 0 N–H and O–H groups in total. The van der Waals surface area contributed by atoms with Crippen molar-refractivity contribution in [1.82, 2.24) is 0 Å². The second-order valence-electron chi connectivity index (χ2n) is 2.19. The molecule has 0 atom stereocenters. The van der Waals surface area contributed by atoms with Gasteiger partial charge in [-0.15, -0.1) is 0 Å². The normalized spacial score (nSPS) is 9.00. The number of nitro groups is 1. The minimum Gasteiger partial charge on any atom is -0.276 e. The van der Waals surface area contributed by atoms with Crippen LogP contribution in [0.4, 0.5) is 5.69 Å². The maximum atomic E-state index is 10.7. The van der Waals surface area contributed by atoms with E-state index in [9.17, 15) is 14.9 Å². The molecule has 0 saturated carbocycles. The lowest BCUT2D eigenvalue weighted by Crippen LogP contribution is -1.94. The number of benzene rings is 1. The van der Waals surface area contributed by atoms with Crippen molar-refractivity contribution < 1.29 is 9.72 Å². The standard InChI is InChI=1S/C7H3Cl2NO3.CH4/c8-6-2-1-4(10(12)13)3-5(6)7(9)11;/h1-3H;1H4. The highest BCUT2D eigenvalue weighted by atomic mass is 35.5. The molecule has 0 aliphatic carbocycles. The molecule has 0 radical (unpaired) electrons. The van der Waals surface area contributed by atoms with E-state index < -0.39 is 10.2 Å². The van der Waals surface area contributed by atoms with Crippen LogP contribution < -0.4 is 0 Å². The van der Waals surface area contributed by atoms with Crippen molar-refractivity contribution in [1.29, 1.82) is 0 Å². The van der Waals surface area contributed by atoms with Crippen LogP contribution in [-0.2, 0) is 0 Å². The van der Waals surface area contributed by atoms with Crippen molar-refractivity contribution in [3.8, 4) is 0 Å². The number of nitro benzene ring substituents is 1. The summed E-state index contributed by atoms with van der Waals surface area (Å²) in [7, 11) is 0. The van der Waals surface area contributed by atoms with Crippen LogP contribution in [0.2, 0.25) is 5.02 Å². The van der Waals surface area contributed by atoms with Crippen molar-refractivity contribution in [2.75, 3.05) is 0 Å². The molecule has 0 amide bonds. The van der Waals surface area contributed by atoms with Crippen LogP contribution in [0, 0.1) is 10.1 Å². The number of carbonyl (C=O) groups is 1. The van der Waals surface area contributed by atoms with Gasteiger partial charge < -0.3 is 0 Å². The molecular weight excluding hydrogens is 229 g/mol. The highest BCUT2D eigenvalue weighted by molar-refractivity contribution is 6.68. The van der Waals surface area contributed by atoms with Gasteiger partial charge >= 0.3 is 0 Å². The van der Waals surface area contributed by atoms with E-state index in [1.807, 2.05) is 0 Å². The lowest BCUT2D eigenvalue weighted by atomic mass is 10.2. The molecule has 4 nitrogen and oxygen atoms in total. The van der Waals surface area contributed by atoms with Crippen molar-refractivity contribution in [3.63, 3.8) is 0 Å². The summed E-state index contributed by atoms with van der Waals surface area (Å²) in [5, 5.41) is 9.59. The number of hydrogen-bond donors (Lipinski definition) is 0. The van der Waals surface area contributed by atoms with Crippen molar-refractivity contribution in [2.24, 2.45) is 0 Å². The molecule has 0 aliphatic rings. The van der Waals surface area contributed by atoms with Gasteiger partial charge in [-0.25, -0.2) is 0 Å². The van der Waals surface area contributed by atoms with Crippen LogP contribution in [0.5, 0.6) is 0 Å². The van der Waals surface area contributed by atoms with Gasteiger partial charge in [0.25, 0.3) is 10.9 Å². The molecule has 1 rings (SSSR count). The van der Waals surface area contributed by atoms with Crippen molar-refractivity contribution in [2.45, 2.75) is 7.43 Å². The van der Waals surface area contributed by atoms with Gasteiger partial charge in [0.2, 0.25) is 0 Å². The zero-order chi connectivity index (χ0) is 10.0. The van der Waals surface area contributed by atoms with E-state index in [1.54, 1.807) is 0 Å². The first-order chi connectivity index (χ1) is 6.02. The Kier molecular flexibility index (Phi) is 4.53. The van der Waals surface area contributed by atoms with Crippen LogP contribution in [0.1, 0.15) is 17.8 Å². The Morgan fingerprint density at radius 2 is 2.00 bits per heavy atom. The van der Waals surface area contributed by atoms with Gasteiger partial charge in [0.15, 0.2) is 0 Å². The summed E-state index contributed by atoms with van der Waals surface area (Å²) in [5.74, 6) is 0. The molecule has 0 unspecified atom stereocenters. The fourth-order valence-corrected chi connectivity index (χ4v) is 1.19. The zero-order valence-corrected chi connectivity index (χ0v) is 7.67. The van der Waals surface area contributed by atoms with Gasteiger partial charge in [0, 0.05) is 12.1 Å². The maximum Gasteiger partial charge on any atom is 0.270 e. The van der Waals surface area contributed by atoms with Gasteiger partial charge in [-0.1, -0.05) is 19.0 Å². The number of hydrogen-bond acceptors (Lipinski definition) is 3. The molecular formula is C8H7Cl2NO3. The van der Waals surface area contributed by atoms with E-state index in [0.29, 0.717) is 0 Å². The summed E-state index contributed by atoms with van der Waals surface area (Å²) in [6.07, 6.45) is 0. The summed E-state index contributed by atoms with van der Waals surface area (Å²) >= 11 is 10.7. The monoisotopic (exact) mass is 235 g/mol. The summed E-state index contributed by atoms with van der Waals surface area (Å²) in [6, 6.07) is 3.50. The molecule has 0 heterocycles. The van der Waals surface area contributed by atoms with Gasteiger partial charge in [0.1, 0.15) is 0 Å². The van der Waals surface area contributed by atoms with E-state index in [2.05, 4.69) is 0 Å². The summed E-state index contributed by atoms with van der Waals surface area (Å²) < 4.78 is 0. The van der Waals surface area contributed by atoms with E-state index in [0.717, 1.165) is 6.07 Å². The van der Waals surface area contributed by atoms with Crippen LogP contribution in [0.3, 0.4) is 0 Å². The first-order valence-corrected chi connectivity index (χ1v) is 3.91. The molecule has 0 fully saturated rings. The number of halogens is 2. The summed E-state index contributed by atoms with van der Waals surface area (Å²) in [4.78, 5) is 20.4. The molecule has 0 bridgehead atoms. The Balaban J connectivity index is 0.00000169. The highest BCUT2D eigenvalue weighted by Gasteiger charge is 2.13. The fraction of sp³-hybridized carbons (Fsp3) is 0.125. The van der Waals surface area contributed by atoms with E-state index in [1.165, 1.54) is 12.1 Å². The minimum absolute atomic E-state index is 0. The second-order valence-corrected chi connectivity index (χ2v) is 2.95. The summed E-state index contributed by atoms with van der Waals surface area (Å²) in [6.45, 7) is 0. The predicted octanol–water partition coefficient (Wildman–Crippen LogP) is 3.26. The Bertz CT molecular complexity index is 379. The minimum atomic E-state index is -0.811. The molecule has 6 heteroatoms. The molecule has 76 valence electrons. The average Bonchev–Trinajstić information content (AvgIpc) is 2.04. The average molecular weight is 236 g/mol. The van der Waals surface area contributed by atoms with Crippen molar-refractivity contribution in [3.05, 3.63) is 38.9 Å². The quantitative estimate of drug-likeness (QED) is 0.449. The third-order valence-electron chi connectivity index (χ3n) is 1.37. The molecule has 1 aromatic carbocycles. The number of nitrogens with zero attached hydrogens (tertiary/aromatic N) is 1. The Hall–Kier alpha value is -1.13. The number of non-ortho nitro benzene ring substituents is 1. The van der Waals surface area contributed by atoms with E-state index >= 15 is 0 Å². The molecule has 0 saturated heterocycles. The van der Waals surface area contributed by atoms with Gasteiger partial charge in [-0.3, -0.25) is 14.9 Å². The second kappa shape index (κ2) is 4.93. The van der Waals surface area contributed by atoms with Crippen LogP contribution in [0.25, 0.3) is 0 Å². The van der Waals surface area contributed by atoms with E-state index in [4.69, 9.17) is 23.2 Å². The molecule has 0 aromatic heterocycles. The number of rotatable bonds is 2. The largest absolute Gasteiger partial charge is 0.276 e. The summed E-state index contributed by atoms with van der Waals surface area (Å²) in [5.41, 5.74) is -0.272. The first-order valence-electron chi connectivity index (χ1n) is 3.16. The van der Waals surface area contributed by atoms with Gasteiger partial charge in [-0.2, -0.15) is 0 Å². The third kappa shape index (κ3) is 2.68. The lowest BCUT2D eigenvalue weighted by molar-refractivity contribution is -0.384. The predicted molar refractivity (Wildman–Crippen MR) is 55.0 cm³/mol. The van der Waals surface area contributed by atoms with Crippen molar-refractivity contribution >= 4 is 34.1 Å². The van der Waals surface area contributed by atoms with Crippen LogP contribution in [-0.4, -0.2) is 10.2 Å². The van der Waals surface area contributed by atoms with Gasteiger partial charge in [0.05, 0.1) is 15.5 Å². The van der Waals surface area contributed by atoms with Crippen LogP contribution >= 0.6 is 23.2 Å². The highest BCUT2D eigenvalue weighted by Crippen LogP contribution is 2.23. The molecule has 14 heavy (non-hydrogen) atoms. The SMILES string of the molecule is C.O=C(Cl)c1cc([N+](=O)[O-])ccc1Cl. The molecule has 0 aliphatic heterocycles. The fourth-order valence-electron chi connectivity index (χ4n) is 0.777. The molecule has 1 aromatic rings.